The Morgan fingerprint density at radius 3 is 2.38 bits per heavy atom. The molecule has 5 heteroatoms. The summed E-state index contributed by atoms with van der Waals surface area (Å²) in [6.07, 6.45) is 2.93. The van der Waals surface area contributed by atoms with Gasteiger partial charge in [0, 0.05) is 32.1 Å². The van der Waals surface area contributed by atoms with Gasteiger partial charge in [0.2, 0.25) is 5.91 Å². The summed E-state index contributed by atoms with van der Waals surface area (Å²) in [4.78, 5) is 25.2. The van der Waals surface area contributed by atoms with Crippen molar-refractivity contribution < 1.29 is 14.3 Å². The van der Waals surface area contributed by atoms with Gasteiger partial charge in [0.05, 0.1) is 7.11 Å². The molecule has 1 atom stereocenters. The van der Waals surface area contributed by atoms with E-state index in [2.05, 4.69) is 22.3 Å². The highest BCUT2D eigenvalue weighted by molar-refractivity contribution is 5.83. The molecule has 5 nitrogen and oxygen atoms in total. The van der Waals surface area contributed by atoms with Crippen LogP contribution in [0.2, 0.25) is 0 Å². The van der Waals surface area contributed by atoms with E-state index in [0.29, 0.717) is 6.42 Å². The van der Waals surface area contributed by atoms with Gasteiger partial charge < -0.3 is 15.0 Å². The maximum atomic E-state index is 11.7. The highest BCUT2D eigenvalue weighted by Crippen LogP contribution is 2.20. The van der Waals surface area contributed by atoms with Gasteiger partial charge in [0.1, 0.15) is 6.04 Å². The number of nitrogens with one attached hydrogen (secondary N) is 1. The Balaban J connectivity index is 2.02. The molecule has 2 rings (SSSR count). The third-order valence-electron chi connectivity index (χ3n) is 3.71. The molecular weight excluding hydrogens is 268 g/mol. The fourth-order valence-corrected chi connectivity index (χ4v) is 2.63. The SMILES string of the molecule is COC(=O)C(Cc1ccc(N2CCCC2)cc1)NC(C)=O. The van der Waals surface area contributed by atoms with Gasteiger partial charge in [-0.05, 0) is 30.5 Å². The first-order valence-corrected chi connectivity index (χ1v) is 7.29. The fraction of sp³-hybridized carbons (Fsp3) is 0.500. The van der Waals surface area contributed by atoms with Crippen molar-refractivity contribution in [3.63, 3.8) is 0 Å². The Morgan fingerprint density at radius 2 is 1.86 bits per heavy atom. The van der Waals surface area contributed by atoms with Gasteiger partial charge in [0.25, 0.3) is 0 Å². The van der Waals surface area contributed by atoms with Crippen molar-refractivity contribution in [1.82, 2.24) is 5.32 Å². The molecule has 1 aromatic rings. The summed E-state index contributed by atoms with van der Waals surface area (Å²) in [5.74, 6) is -0.659. The largest absolute Gasteiger partial charge is 0.467 e. The summed E-state index contributed by atoms with van der Waals surface area (Å²) in [6.45, 7) is 3.61. The number of hydrogen-bond donors (Lipinski definition) is 1. The van der Waals surface area contributed by atoms with E-state index in [-0.39, 0.29) is 5.91 Å². The molecule has 0 aromatic heterocycles. The van der Waals surface area contributed by atoms with Crippen LogP contribution in [0.25, 0.3) is 0 Å². The quantitative estimate of drug-likeness (QED) is 0.835. The Kier molecular flexibility index (Phi) is 5.20. The van der Waals surface area contributed by atoms with E-state index in [1.807, 2.05) is 12.1 Å². The molecule has 1 aliphatic heterocycles. The van der Waals surface area contributed by atoms with Crippen LogP contribution in [0.4, 0.5) is 5.69 Å². The topological polar surface area (TPSA) is 58.6 Å². The van der Waals surface area contributed by atoms with Crippen LogP contribution in [0, 0.1) is 0 Å². The van der Waals surface area contributed by atoms with E-state index in [4.69, 9.17) is 4.74 Å². The number of benzene rings is 1. The van der Waals surface area contributed by atoms with Gasteiger partial charge in [0.15, 0.2) is 0 Å². The van der Waals surface area contributed by atoms with Gasteiger partial charge in [-0.15, -0.1) is 0 Å². The third kappa shape index (κ3) is 4.21. The summed E-state index contributed by atoms with van der Waals surface area (Å²) in [5, 5.41) is 2.62. The fourth-order valence-electron chi connectivity index (χ4n) is 2.63. The minimum atomic E-state index is -0.634. The van der Waals surface area contributed by atoms with Crippen LogP contribution in [0.15, 0.2) is 24.3 Å². The van der Waals surface area contributed by atoms with Crippen molar-refractivity contribution in [2.45, 2.75) is 32.2 Å². The van der Waals surface area contributed by atoms with Crippen molar-refractivity contribution in [3.8, 4) is 0 Å². The average Bonchev–Trinajstić information content (AvgIpc) is 3.00. The molecule has 1 fully saturated rings. The second kappa shape index (κ2) is 7.11. The molecule has 1 saturated heterocycles. The number of nitrogens with zero attached hydrogens (tertiary/aromatic N) is 1. The van der Waals surface area contributed by atoms with Crippen LogP contribution in [-0.4, -0.2) is 38.1 Å². The van der Waals surface area contributed by atoms with E-state index < -0.39 is 12.0 Å². The second-order valence-electron chi connectivity index (χ2n) is 5.34. The lowest BCUT2D eigenvalue weighted by Gasteiger charge is -2.19. The molecule has 0 saturated carbocycles. The molecule has 0 aliphatic carbocycles. The molecule has 1 aromatic carbocycles. The summed E-state index contributed by atoms with van der Waals surface area (Å²) in [6, 6.07) is 7.52. The molecule has 0 spiro atoms. The molecule has 21 heavy (non-hydrogen) atoms. The molecular formula is C16H22N2O3. The lowest BCUT2D eigenvalue weighted by Crippen LogP contribution is -2.41. The lowest BCUT2D eigenvalue weighted by molar-refractivity contribution is -0.144. The van der Waals surface area contributed by atoms with E-state index in [9.17, 15) is 9.59 Å². The molecule has 0 bridgehead atoms. The number of methoxy groups -OCH3 is 1. The van der Waals surface area contributed by atoms with Crippen molar-refractivity contribution in [3.05, 3.63) is 29.8 Å². The summed E-state index contributed by atoms with van der Waals surface area (Å²) in [5.41, 5.74) is 2.22. The average molecular weight is 290 g/mol. The highest BCUT2D eigenvalue weighted by atomic mass is 16.5. The molecule has 114 valence electrons. The number of esters is 1. The number of rotatable bonds is 5. The monoisotopic (exact) mass is 290 g/mol. The van der Waals surface area contributed by atoms with Crippen molar-refractivity contribution >= 4 is 17.6 Å². The first-order valence-electron chi connectivity index (χ1n) is 7.29. The minimum absolute atomic E-state index is 0.237. The van der Waals surface area contributed by atoms with Crippen molar-refractivity contribution in [2.75, 3.05) is 25.1 Å². The van der Waals surface area contributed by atoms with Crippen molar-refractivity contribution in [2.24, 2.45) is 0 Å². The smallest absolute Gasteiger partial charge is 0.328 e. The highest BCUT2D eigenvalue weighted by Gasteiger charge is 2.20. The predicted octanol–water partition coefficient (Wildman–Crippen LogP) is 1.51. The number of hydrogen-bond acceptors (Lipinski definition) is 4. The summed E-state index contributed by atoms with van der Waals surface area (Å²) < 4.78 is 4.73. The van der Waals surface area contributed by atoms with E-state index in [1.54, 1.807) is 0 Å². The van der Waals surface area contributed by atoms with Gasteiger partial charge in [-0.1, -0.05) is 12.1 Å². The van der Waals surface area contributed by atoms with Crippen LogP contribution < -0.4 is 10.2 Å². The van der Waals surface area contributed by atoms with Crippen molar-refractivity contribution in [1.29, 1.82) is 0 Å². The molecule has 0 radical (unpaired) electrons. The zero-order valence-electron chi connectivity index (χ0n) is 12.6. The van der Waals surface area contributed by atoms with Gasteiger partial charge in [-0.3, -0.25) is 4.79 Å². The number of carbonyl (C=O) groups excluding carboxylic acids is 2. The van der Waals surface area contributed by atoms with E-state index in [1.165, 1.54) is 32.6 Å². The second-order valence-corrected chi connectivity index (χ2v) is 5.34. The van der Waals surface area contributed by atoms with E-state index in [0.717, 1.165) is 18.7 Å². The normalized spacial score (nSPS) is 15.6. The van der Waals surface area contributed by atoms with Gasteiger partial charge >= 0.3 is 5.97 Å². The number of amides is 1. The van der Waals surface area contributed by atoms with Crippen LogP contribution in [-0.2, 0) is 20.7 Å². The number of ether oxygens (including phenoxy) is 1. The molecule has 1 N–H and O–H groups in total. The molecule has 1 aliphatic rings. The van der Waals surface area contributed by atoms with Gasteiger partial charge in [-0.2, -0.15) is 0 Å². The first kappa shape index (κ1) is 15.4. The Hall–Kier alpha value is -2.04. The zero-order chi connectivity index (χ0) is 15.2. The standard InChI is InChI=1S/C16H22N2O3/c1-12(19)17-15(16(20)21-2)11-13-5-7-14(8-6-13)18-9-3-4-10-18/h5-8,15H,3-4,9-11H2,1-2H3,(H,17,19). The Morgan fingerprint density at radius 1 is 1.24 bits per heavy atom. The number of anilines is 1. The summed E-state index contributed by atoms with van der Waals surface area (Å²) >= 11 is 0. The number of carbonyl (C=O) groups is 2. The molecule has 1 amide bonds. The van der Waals surface area contributed by atoms with Crippen LogP contribution >= 0.6 is 0 Å². The van der Waals surface area contributed by atoms with Crippen LogP contribution in [0.1, 0.15) is 25.3 Å². The van der Waals surface area contributed by atoms with Gasteiger partial charge in [-0.25, -0.2) is 4.79 Å². The summed E-state index contributed by atoms with van der Waals surface area (Å²) in [7, 11) is 1.33. The van der Waals surface area contributed by atoms with E-state index >= 15 is 0 Å². The van der Waals surface area contributed by atoms with Crippen LogP contribution in [0.3, 0.4) is 0 Å². The molecule has 1 heterocycles. The Bertz CT molecular complexity index is 493. The molecule has 1 unspecified atom stereocenters. The maximum Gasteiger partial charge on any atom is 0.328 e. The minimum Gasteiger partial charge on any atom is -0.467 e. The third-order valence-corrected chi connectivity index (χ3v) is 3.71. The lowest BCUT2D eigenvalue weighted by atomic mass is 10.1. The predicted molar refractivity (Wildman–Crippen MR) is 81.2 cm³/mol. The Labute approximate surface area is 125 Å². The van der Waals surface area contributed by atoms with Crippen LogP contribution in [0.5, 0.6) is 0 Å². The maximum absolute atomic E-state index is 11.7. The zero-order valence-corrected chi connectivity index (χ0v) is 12.6. The first-order chi connectivity index (χ1) is 10.1.